The van der Waals surface area contributed by atoms with Crippen LogP contribution >= 0.6 is 0 Å². The first-order chi connectivity index (χ1) is 8.80. The maximum absolute atomic E-state index is 10.9. The number of nitrogens with one attached hydrogen (secondary N) is 1. The fraction of sp³-hybridized carbons (Fsp3) is 0.222. The minimum Gasteiger partial charge on any atom is -0.479 e. The van der Waals surface area contributed by atoms with Crippen LogP contribution in [0.4, 0.5) is 5.69 Å². The fourth-order valence-corrected chi connectivity index (χ4v) is 1.30. The standard InChI is InChI=1S/C9H9N3O7/c13-8(14)7(9(15,11(16)17)12(18)19)10-6-4-2-1-3-5-6/h1-5,7,10,15H,(H,13,14)/t7-/m1/s1. The van der Waals surface area contributed by atoms with Crippen molar-refractivity contribution in [3.05, 3.63) is 50.6 Å². The first kappa shape index (κ1) is 14.3. The molecule has 10 nitrogen and oxygen atoms in total. The predicted octanol–water partition coefficient (Wildman–Crippen LogP) is -0.249. The average Bonchev–Trinajstić information content (AvgIpc) is 2.35. The minimum atomic E-state index is -3.87. The van der Waals surface area contributed by atoms with Crippen molar-refractivity contribution >= 4 is 11.7 Å². The van der Waals surface area contributed by atoms with Crippen molar-refractivity contribution in [1.29, 1.82) is 0 Å². The smallest absolute Gasteiger partial charge is 0.479 e. The molecule has 1 aromatic rings. The Kier molecular flexibility index (Phi) is 3.97. The van der Waals surface area contributed by atoms with Crippen molar-refractivity contribution < 1.29 is 24.9 Å². The van der Waals surface area contributed by atoms with Gasteiger partial charge in [0.1, 0.15) is 9.85 Å². The summed E-state index contributed by atoms with van der Waals surface area (Å²) in [6, 6.07) is 4.80. The van der Waals surface area contributed by atoms with Crippen LogP contribution in [0.3, 0.4) is 0 Å². The van der Waals surface area contributed by atoms with Gasteiger partial charge in [0.2, 0.25) is 0 Å². The van der Waals surface area contributed by atoms with E-state index in [2.05, 4.69) is 0 Å². The number of rotatable bonds is 6. The van der Waals surface area contributed by atoms with Gasteiger partial charge >= 0.3 is 11.8 Å². The van der Waals surface area contributed by atoms with E-state index in [1.165, 1.54) is 24.3 Å². The van der Waals surface area contributed by atoms with E-state index in [0.717, 1.165) is 0 Å². The van der Waals surface area contributed by atoms with E-state index in [0.29, 0.717) is 0 Å². The Labute approximate surface area is 105 Å². The van der Waals surface area contributed by atoms with Gasteiger partial charge in [0.25, 0.3) is 6.04 Å². The molecule has 0 saturated heterocycles. The van der Waals surface area contributed by atoms with E-state index in [1.54, 1.807) is 6.07 Å². The summed E-state index contributed by atoms with van der Waals surface area (Å²) in [6.45, 7) is 0. The summed E-state index contributed by atoms with van der Waals surface area (Å²) in [5.41, 5.74) is 0.0806. The largest absolute Gasteiger partial charge is 0.607 e. The predicted molar refractivity (Wildman–Crippen MR) is 60.4 cm³/mol. The molecule has 1 atom stereocenters. The SMILES string of the molecule is O=C(O)[C@@H](Nc1ccccc1)C(O)([N+](=O)[O-])[N+](=O)[O-]. The first-order valence-corrected chi connectivity index (χ1v) is 4.86. The van der Waals surface area contributed by atoms with Gasteiger partial charge in [-0.3, -0.25) is 25.3 Å². The summed E-state index contributed by atoms with van der Waals surface area (Å²) >= 11 is 0. The lowest BCUT2D eigenvalue weighted by Crippen LogP contribution is -2.61. The highest BCUT2D eigenvalue weighted by Crippen LogP contribution is 2.18. The van der Waals surface area contributed by atoms with Crippen LogP contribution in [-0.4, -0.2) is 37.9 Å². The maximum Gasteiger partial charge on any atom is 0.607 e. The highest BCUT2D eigenvalue weighted by Gasteiger charge is 2.66. The topological polar surface area (TPSA) is 156 Å². The van der Waals surface area contributed by atoms with Gasteiger partial charge in [-0.05, 0) is 12.1 Å². The van der Waals surface area contributed by atoms with Gasteiger partial charge in [-0.2, -0.15) is 0 Å². The molecule has 0 heterocycles. The lowest BCUT2D eigenvalue weighted by molar-refractivity contribution is -0.847. The molecule has 102 valence electrons. The molecule has 3 N–H and O–H groups in total. The summed E-state index contributed by atoms with van der Waals surface area (Å²) in [5.74, 6) is -5.80. The van der Waals surface area contributed by atoms with Crippen LogP contribution in [0.15, 0.2) is 30.3 Å². The maximum atomic E-state index is 10.9. The number of para-hydroxylation sites is 1. The Morgan fingerprint density at radius 2 is 1.68 bits per heavy atom. The van der Waals surface area contributed by atoms with Gasteiger partial charge in [-0.1, -0.05) is 18.2 Å². The molecule has 0 bridgehead atoms. The van der Waals surface area contributed by atoms with E-state index < -0.39 is 27.7 Å². The van der Waals surface area contributed by atoms with Crippen LogP contribution < -0.4 is 5.32 Å². The van der Waals surface area contributed by atoms with Gasteiger partial charge in [0, 0.05) is 5.69 Å². The van der Waals surface area contributed by atoms with E-state index in [-0.39, 0.29) is 5.69 Å². The molecule has 0 aliphatic heterocycles. The van der Waals surface area contributed by atoms with Gasteiger partial charge in [-0.25, -0.2) is 4.79 Å². The Morgan fingerprint density at radius 3 is 2.05 bits per heavy atom. The quantitative estimate of drug-likeness (QED) is 0.363. The molecular weight excluding hydrogens is 262 g/mol. The summed E-state index contributed by atoms with van der Waals surface area (Å²) in [7, 11) is 0. The van der Waals surface area contributed by atoms with Crippen molar-refractivity contribution in [3.63, 3.8) is 0 Å². The second-order valence-corrected chi connectivity index (χ2v) is 3.48. The summed E-state index contributed by atoms with van der Waals surface area (Å²) in [4.78, 5) is 28.8. The Balaban J connectivity index is 3.17. The third kappa shape index (κ3) is 2.74. The van der Waals surface area contributed by atoms with Gasteiger partial charge < -0.3 is 10.4 Å². The number of benzene rings is 1. The highest BCUT2D eigenvalue weighted by atomic mass is 16.7. The number of aliphatic hydroxyl groups is 1. The number of hydrogen-bond donors (Lipinski definition) is 3. The zero-order valence-electron chi connectivity index (χ0n) is 9.29. The number of carboxylic acids is 1. The number of carboxylic acid groups (broad SMARTS) is 1. The van der Waals surface area contributed by atoms with Crippen LogP contribution in [0, 0.1) is 20.2 Å². The molecule has 0 saturated carbocycles. The third-order valence-electron chi connectivity index (χ3n) is 2.26. The van der Waals surface area contributed by atoms with Gasteiger partial charge in [0.05, 0.1) is 0 Å². The second-order valence-electron chi connectivity index (χ2n) is 3.48. The second kappa shape index (κ2) is 5.27. The number of nitrogens with zero attached hydrogens (tertiary/aromatic N) is 2. The van der Waals surface area contributed by atoms with Crippen molar-refractivity contribution in [2.24, 2.45) is 0 Å². The highest BCUT2D eigenvalue weighted by molar-refractivity contribution is 5.78. The average molecular weight is 271 g/mol. The summed E-state index contributed by atoms with van der Waals surface area (Å²) < 4.78 is 0. The normalized spacial score (nSPS) is 12.5. The minimum absolute atomic E-state index is 0.0806. The van der Waals surface area contributed by atoms with Crippen molar-refractivity contribution in [3.8, 4) is 0 Å². The Hall–Kier alpha value is -2.75. The van der Waals surface area contributed by atoms with Crippen LogP contribution in [0.25, 0.3) is 0 Å². The zero-order valence-corrected chi connectivity index (χ0v) is 9.29. The molecule has 0 unspecified atom stereocenters. The van der Waals surface area contributed by atoms with Crippen molar-refractivity contribution in [2.45, 2.75) is 11.9 Å². The summed E-state index contributed by atoms with van der Waals surface area (Å²) in [5, 5.41) is 41.5. The number of hydrogen-bond acceptors (Lipinski definition) is 7. The molecule has 10 heteroatoms. The molecule has 0 aliphatic rings. The molecule has 0 spiro atoms. The fourth-order valence-electron chi connectivity index (χ4n) is 1.30. The van der Waals surface area contributed by atoms with E-state index in [9.17, 15) is 30.1 Å². The Bertz CT molecular complexity index is 490. The van der Waals surface area contributed by atoms with Crippen LogP contribution in [0.5, 0.6) is 0 Å². The van der Waals surface area contributed by atoms with E-state index in [1.807, 2.05) is 5.32 Å². The van der Waals surface area contributed by atoms with E-state index >= 15 is 0 Å². The molecule has 0 aromatic heterocycles. The first-order valence-electron chi connectivity index (χ1n) is 4.86. The monoisotopic (exact) mass is 271 g/mol. The van der Waals surface area contributed by atoms with Crippen molar-refractivity contribution in [1.82, 2.24) is 0 Å². The number of anilines is 1. The molecule has 1 aromatic carbocycles. The Morgan fingerprint density at radius 1 is 1.21 bits per heavy atom. The molecular formula is C9H9N3O7. The van der Waals surface area contributed by atoms with Crippen LogP contribution in [-0.2, 0) is 4.79 Å². The van der Waals surface area contributed by atoms with Gasteiger partial charge in [0.15, 0.2) is 0 Å². The number of aliphatic carboxylic acids is 1. The molecule has 0 radical (unpaired) electrons. The van der Waals surface area contributed by atoms with Crippen LogP contribution in [0.1, 0.15) is 0 Å². The molecule has 1 rings (SSSR count). The molecule has 19 heavy (non-hydrogen) atoms. The zero-order chi connectivity index (χ0) is 14.6. The molecule has 0 aliphatic carbocycles. The summed E-state index contributed by atoms with van der Waals surface area (Å²) in [6.07, 6.45) is 0. The molecule has 0 amide bonds. The van der Waals surface area contributed by atoms with Gasteiger partial charge in [-0.15, -0.1) is 0 Å². The van der Waals surface area contributed by atoms with E-state index in [4.69, 9.17) is 5.11 Å². The van der Waals surface area contributed by atoms with Crippen molar-refractivity contribution in [2.75, 3.05) is 5.32 Å². The third-order valence-corrected chi connectivity index (χ3v) is 2.26. The molecule has 0 fully saturated rings. The number of carbonyl (C=O) groups is 1. The number of nitro groups is 2. The van der Waals surface area contributed by atoms with Crippen LogP contribution in [0.2, 0.25) is 0 Å². The lowest BCUT2D eigenvalue weighted by atomic mass is 10.1. The lowest BCUT2D eigenvalue weighted by Gasteiger charge is -2.19.